The molecule has 1 unspecified atom stereocenters. The molecule has 1 aromatic heterocycles. The first-order valence-corrected chi connectivity index (χ1v) is 7.25. The molecule has 0 spiro atoms. The molecule has 2 N–H and O–H groups in total. The predicted octanol–water partition coefficient (Wildman–Crippen LogP) is 1.02. The van der Waals surface area contributed by atoms with Crippen LogP contribution >= 0.6 is 0 Å². The molecule has 0 radical (unpaired) electrons. The molecule has 0 bridgehead atoms. The Bertz CT molecular complexity index is 789. The van der Waals surface area contributed by atoms with Crippen LogP contribution in [0.4, 0.5) is 5.69 Å². The molecule has 0 aliphatic carbocycles. The summed E-state index contributed by atoms with van der Waals surface area (Å²) in [5.74, 6) is -1.18. The van der Waals surface area contributed by atoms with E-state index in [1.165, 1.54) is 6.07 Å². The first-order chi connectivity index (χ1) is 11.8. The third-order valence-corrected chi connectivity index (χ3v) is 3.41. The summed E-state index contributed by atoms with van der Waals surface area (Å²) in [6.07, 6.45) is 0. The zero-order chi connectivity index (χ0) is 18.6. The van der Waals surface area contributed by atoms with E-state index in [1.807, 2.05) is 13.8 Å². The molecule has 11 nitrogen and oxygen atoms in total. The van der Waals surface area contributed by atoms with E-state index >= 15 is 0 Å². The van der Waals surface area contributed by atoms with Crippen LogP contribution in [0.25, 0.3) is 0 Å². The number of benzene rings is 1. The quantitative estimate of drug-likeness (QED) is 0.445. The highest BCUT2D eigenvalue weighted by molar-refractivity contribution is 5.99. The van der Waals surface area contributed by atoms with Crippen LogP contribution in [0.15, 0.2) is 18.2 Å². The minimum atomic E-state index is -0.781. The van der Waals surface area contributed by atoms with Gasteiger partial charge in [0, 0.05) is 17.7 Å². The van der Waals surface area contributed by atoms with E-state index in [-0.39, 0.29) is 22.9 Å². The monoisotopic (exact) mass is 348 g/mol. The highest BCUT2D eigenvalue weighted by atomic mass is 16.6. The molecule has 0 aliphatic heterocycles. The molecule has 1 aromatic carbocycles. The number of tetrazole rings is 1. The molecule has 1 amide bonds. The number of nitro benzene ring substituents is 1. The van der Waals surface area contributed by atoms with Crippen LogP contribution in [0.3, 0.4) is 0 Å². The zero-order valence-electron chi connectivity index (χ0n) is 13.7. The van der Waals surface area contributed by atoms with Crippen molar-refractivity contribution in [1.82, 2.24) is 25.9 Å². The van der Waals surface area contributed by atoms with Crippen molar-refractivity contribution >= 4 is 17.6 Å². The van der Waals surface area contributed by atoms with Gasteiger partial charge in [-0.25, -0.2) is 4.79 Å². The smallest absolute Gasteiger partial charge is 0.338 e. The number of carbonyl (C=O) groups excluding carboxylic acids is 2. The van der Waals surface area contributed by atoms with Gasteiger partial charge in [-0.3, -0.25) is 14.9 Å². The zero-order valence-corrected chi connectivity index (χ0v) is 13.7. The first-order valence-electron chi connectivity index (χ1n) is 7.25. The van der Waals surface area contributed by atoms with Gasteiger partial charge in [0.15, 0.2) is 5.82 Å². The fraction of sp³-hybridized carbons (Fsp3) is 0.357. The third-order valence-electron chi connectivity index (χ3n) is 3.41. The van der Waals surface area contributed by atoms with Gasteiger partial charge in [0.1, 0.15) is 0 Å². The number of nitrogens with one attached hydrogen (secondary N) is 2. The molecule has 132 valence electrons. The number of hydrogen-bond donors (Lipinski definition) is 2. The van der Waals surface area contributed by atoms with Gasteiger partial charge in [-0.2, -0.15) is 5.21 Å². The van der Waals surface area contributed by atoms with Gasteiger partial charge in [-0.1, -0.05) is 19.1 Å². The van der Waals surface area contributed by atoms with Crippen LogP contribution < -0.4 is 5.32 Å². The van der Waals surface area contributed by atoms with Crippen molar-refractivity contribution in [3.63, 3.8) is 0 Å². The van der Waals surface area contributed by atoms with Crippen LogP contribution in [-0.2, 0) is 4.74 Å². The molecule has 0 saturated carbocycles. The minimum absolute atomic E-state index is 0.0521. The van der Waals surface area contributed by atoms with E-state index in [9.17, 15) is 19.7 Å². The normalized spacial score (nSPS) is 11.8. The van der Waals surface area contributed by atoms with Gasteiger partial charge in [-0.05, 0) is 12.0 Å². The van der Waals surface area contributed by atoms with Crippen LogP contribution in [0.1, 0.15) is 46.4 Å². The maximum absolute atomic E-state index is 12.5. The Balaban J connectivity index is 2.35. The molecule has 2 rings (SSSR count). The Morgan fingerprint density at radius 1 is 1.28 bits per heavy atom. The summed E-state index contributed by atoms with van der Waals surface area (Å²) in [5, 5.41) is 27.2. The Kier molecular flexibility index (Phi) is 5.37. The van der Waals surface area contributed by atoms with E-state index in [0.717, 1.165) is 19.2 Å². The highest BCUT2D eigenvalue weighted by Crippen LogP contribution is 2.21. The number of aromatic nitrogens is 4. The summed E-state index contributed by atoms with van der Waals surface area (Å²) in [5.41, 5.74) is -0.542. The fourth-order valence-electron chi connectivity index (χ4n) is 2.14. The number of ether oxygens (including phenoxy) is 1. The van der Waals surface area contributed by atoms with E-state index in [1.54, 1.807) is 0 Å². The lowest BCUT2D eigenvalue weighted by Gasteiger charge is -2.19. The second-order valence-corrected chi connectivity index (χ2v) is 5.48. The van der Waals surface area contributed by atoms with Crippen molar-refractivity contribution in [3.05, 3.63) is 45.3 Å². The van der Waals surface area contributed by atoms with Crippen molar-refractivity contribution in [2.75, 3.05) is 7.11 Å². The number of nitrogens with zero attached hydrogens (tertiary/aromatic N) is 4. The summed E-state index contributed by atoms with van der Waals surface area (Å²) >= 11 is 0. The average molecular weight is 348 g/mol. The van der Waals surface area contributed by atoms with Gasteiger partial charge < -0.3 is 10.1 Å². The number of carbonyl (C=O) groups is 2. The van der Waals surface area contributed by atoms with Crippen molar-refractivity contribution < 1.29 is 19.2 Å². The second-order valence-electron chi connectivity index (χ2n) is 5.48. The lowest BCUT2D eigenvalue weighted by Crippen LogP contribution is -2.32. The molecule has 1 atom stereocenters. The number of non-ortho nitro benzene ring substituents is 1. The summed E-state index contributed by atoms with van der Waals surface area (Å²) in [4.78, 5) is 34.5. The predicted molar refractivity (Wildman–Crippen MR) is 83.7 cm³/mol. The number of nitro groups is 1. The Morgan fingerprint density at radius 3 is 2.48 bits per heavy atom. The van der Waals surface area contributed by atoms with Crippen LogP contribution in [-0.4, -0.2) is 44.5 Å². The summed E-state index contributed by atoms with van der Waals surface area (Å²) < 4.78 is 4.56. The molecular weight excluding hydrogens is 332 g/mol. The molecule has 0 aliphatic rings. The lowest BCUT2D eigenvalue weighted by atomic mass is 10.0. The maximum atomic E-state index is 12.5. The number of aromatic amines is 1. The summed E-state index contributed by atoms with van der Waals surface area (Å²) in [6.45, 7) is 3.68. The van der Waals surface area contributed by atoms with Crippen LogP contribution in [0.5, 0.6) is 0 Å². The fourth-order valence-corrected chi connectivity index (χ4v) is 2.14. The van der Waals surface area contributed by atoms with Gasteiger partial charge in [0.2, 0.25) is 0 Å². The molecule has 0 fully saturated rings. The third kappa shape index (κ3) is 4.13. The number of hydrogen-bond acceptors (Lipinski definition) is 8. The van der Waals surface area contributed by atoms with Crippen LogP contribution in [0, 0.1) is 16.0 Å². The molecule has 2 aromatic rings. The Hall–Kier alpha value is -3.37. The number of methoxy groups -OCH3 is 1. The van der Waals surface area contributed by atoms with Gasteiger partial charge in [-0.15, -0.1) is 10.2 Å². The minimum Gasteiger partial charge on any atom is -0.465 e. The number of amides is 1. The summed E-state index contributed by atoms with van der Waals surface area (Å²) in [6, 6.07) is 2.78. The van der Waals surface area contributed by atoms with E-state index in [2.05, 4.69) is 30.7 Å². The van der Waals surface area contributed by atoms with E-state index in [4.69, 9.17) is 0 Å². The highest BCUT2D eigenvalue weighted by Gasteiger charge is 2.25. The van der Waals surface area contributed by atoms with Crippen LogP contribution in [0.2, 0.25) is 0 Å². The molecular formula is C14H16N6O5. The summed E-state index contributed by atoms with van der Waals surface area (Å²) in [7, 11) is 1.14. The molecule has 0 saturated heterocycles. The van der Waals surface area contributed by atoms with E-state index < -0.39 is 28.5 Å². The number of esters is 1. The SMILES string of the molecule is COC(=O)c1cc(C(=O)NC(c2nn[nH]n2)C(C)C)cc([N+](=O)[O-])c1. The lowest BCUT2D eigenvalue weighted by molar-refractivity contribution is -0.384. The van der Waals surface area contributed by atoms with Gasteiger partial charge in [0.25, 0.3) is 11.6 Å². The van der Waals surface area contributed by atoms with E-state index in [0.29, 0.717) is 0 Å². The average Bonchev–Trinajstić information content (AvgIpc) is 3.12. The number of H-pyrrole nitrogens is 1. The number of rotatable bonds is 6. The second kappa shape index (κ2) is 7.47. The van der Waals surface area contributed by atoms with Crippen molar-refractivity contribution in [1.29, 1.82) is 0 Å². The standard InChI is InChI=1S/C14H16N6O5/c1-7(2)11(12-16-18-19-17-12)15-13(21)8-4-9(14(22)25-3)6-10(5-8)20(23)24/h4-7,11H,1-3H3,(H,15,21)(H,16,17,18,19). The van der Waals surface area contributed by atoms with Gasteiger partial charge >= 0.3 is 5.97 Å². The Labute approximate surface area is 141 Å². The van der Waals surface area contributed by atoms with Crippen molar-refractivity contribution in [3.8, 4) is 0 Å². The molecule has 1 heterocycles. The van der Waals surface area contributed by atoms with Gasteiger partial charge in [0.05, 0.1) is 23.6 Å². The Morgan fingerprint density at radius 2 is 1.96 bits per heavy atom. The maximum Gasteiger partial charge on any atom is 0.338 e. The molecule has 11 heteroatoms. The first kappa shape index (κ1) is 18.0. The topological polar surface area (TPSA) is 153 Å². The van der Waals surface area contributed by atoms with Crippen molar-refractivity contribution in [2.24, 2.45) is 5.92 Å². The largest absolute Gasteiger partial charge is 0.465 e. The molecule has 25 heavy (non-hydrogen) atoms. The van der Waals surface area contributed by atoms with Crippen molar-refractivity contribution in [2.45, 2.75) is 19.9 Å².